The van der Waals surface area contributed by atoms with Crippen LogP contribution in [0.3, 0.4) is 0 Å². The van der Waals surface area contributed by atoms with Crippen LogP contribution >= 0.6 is 11.6 Å². The van der Waals surface area contributed by atoms with Crippen molar-refractivity contribution in [2.45, 2.75) is 26.9 Å². The lowest BCUT2D eigenvalue weighted by molar-refractivity contribution is -0.129. The molecule has 2 aromatic carbocycles. The second kappa shape index (κ2) is 8.53. The van der Waals surface area contributed by atoms with Crippen LogP contribution in [0.15, 0.2) is 42.5 Å². The summed E-state index contributed by atoms with van der Waals surface area (Å²) in [5.74, 6) is -0.122. The highest BCUT2D eigenvalue weighted by molar-refractivity contribution is 6.30. The number of hydrogen-bond acceptors (Lipinski definition) is 3. The Bertz CT molecular complexity index is 740. The molecule has 0 aliphatic rings. The van der Waals surface area contributed by atoms with E-state index >= 15 is 0 Å². The first-order valence-electron chi connectivity index (χ1n) is 7.93. The van der Waals surface area contributed by atoms with Crippen LogP contribution in [-0.2, 0) is 9.59 Å². The van der Waals surface area contributed by atoms with Crippen molar-refractivity contribution in [3.05, 3.63) is 58.6 Å². The molecule has 132 valence electrons. The normalized spacial score (nSPS) is 11.5. The number of carbonyl (C=O) groups excluding carboxylic acids is 2. The van der Waals surface area contributed by atoms with E-state index < -0.39 is 6.10 Å². The topological polar surface area (TPSA) is 67.4 Å². The van der Waals surface area contributed by atoms with Gasteiger partial charge in [-0.15, -0.1) is 0 Å². The molecule has 2 rings (SSSR count). The van der Waals surface area contributed by atoms with E-state index in [0.717, 1.165) is 16.8 Å². The number of ether oxygens (including phenoxy) is 1. The molecule has 2 amide bonds. The molecular formula is C19H21ClN2O3. The van der Waals surface area contributed by atoms with E-state index in [2.05, 4.69) is 10.6 Å². The van der Waals surface area contributed by atoms with Crippen molar-refractivity contribution >= 4 is 29.1 Å². The Morgan fingerprint density at radius 3 is 2.28 bits per heavy atom. The van der Waals surface area contributed by atoms with E-state index in [9.17, 15) is 9.59 Å². The van der Waals surface area contributed by atoms with Gasteiger partial charge in [-0.05, 0) is 56.2 Å². The van der Waals surface area contributed by atoms with Crippen molar-refractivity contribution in [2.24, 2.45) is 0 Å². The number of carbonyl (C=O) groups is 2. The molecule has 0 heterocycles. The van der Waals surface area contributed by atoms with Crippen molar-refractivity contribution in [1.82, 2.24) is 5.32 Å². The van der Waals surface area contributed by atoms with E-state index in [1.807, 2.05) is 32.0 Å². The summed E-state index contributed by atoms with van der Waals surface area (Å²) in [5, 5.41) is 5.98. The van der Waals surface area contributed by atoms with Crippen LogP contribution in [0.2, 0.25) is 5.02 Å². The van der Waals surface area contributed by atoms with Crippen LogP contribution in [0.1, 0.15) is 18.1 Å². The number of amides is 2. The Labute approximate surface area is 152 Å². The number of para-hydroxylation sites is 1. The van der Waals surface area contributed by atoms with Gasteiger partial charge >= 0.3 is 0 Å². The smallest absolute Gasteiger partial charge is 0.261 e. The number of anilines is 1. The molecule has 0 saturated carbocycles. The molecule has 25 heavy (non-hydrogen) atoms. The van der Waals surface area contributed by atoms with Gasteiger partial charge in [-0.25, -0.2) is 0 Å². The van der Waals surface area contributed by atoms with Gasteiger partial charge in [0.1, 0.15) is 5.75 Å². The van der Waals surface area contributed by atoms with Crippen LogP contribution in [0.25, 0.3) is 0 Å². The Kier molecular flexibility index (Phi) is 6.42. The largest absolute Gasteiger partial charge is 0.481 e. The first kappa shape index (κ1) is 18.8. The van der Waals surface area contributed by atoms with Gasteiger partial charge in [0.25, 0.3) is 5.91 Å². The molecule has 6 heteroatoms. The third-order valence-corrected chi connectivity index (χ3v) is 3.92. The van der Waals surface area contributed by atoms with Gasteiger partial charge in [-0.1, -0.05) is 29.8 Å². The molecule has 2 N–H and O–H groups in total. The zero-order chi connectivity index (χ0) is 18.4. The molecule has 0 aliphatic carbocycles. The predicted molar refractivity (Wildman–Crippen MR) is 99.1 cm³/mol. The van der Waals surface area contributed by atoms with Crippen LogP contribution in [-0.4, -0.2) is 24.5 Å². The van der Waals surface area contributed by atoms with Crippen molar-refractivity contribution in [2.75, 3.05) is 11.9 Å². The van der Waals surface area contributed by atoms with Crippen LogP contribution in [0.4, 0.5) is 5.69 Å². The quantitative estimate of drug-likeness (QED) is 0.828. The summed E-state index contributed by atoms with van der Waals surface area (Å²) in [6, 6.07) is 12.5. The lowest BCUT2D eigenvalue weighted by atomic mass is 10.1. The van der Waals surface area contributed by atoms with Gasteiger partial charge < -0.3 is 15.4 Å². The molecule has 0 fully saturated rings. The third kappa shape index (κ3) is 5.50. The summed E-state index contributed by atoms with van der Waals surface area (Å²) in [6.45, 7) is 5.33. The molecule has 5 nitrogen and oxygen atoms in total. The fourth-order valence-electron chi connectivity index (χ4n) is 2.28. The van der Waals surface area contributed by atoms with Crippen molar-refractivity contribution in [3.8, 4) is 5.75 Å². The van der Waals surface area contributed by atoms with Gasteiger partial charge in [0.2, 0.25) is 5.91 Å². The Hall–Kier alpha value is -2.53. The lowest BCUT2D eigenvalue weighted by Gasteiger charge is -2.15. The number of nitrogens with one attached hydrogen (secondary N) is 2. The molecule has 0 saturated heterocycles. The number of halogens is 1. The molecule has 0 radical (unpaired) electrons. The maximum absolute atomic E-state index is 12.1. The number of rotatable bonds is 6. The second-order valence-electron chi connectivity index (χ2n) is 5.75. The Balaban J connectivity index is 1.84. The van der Waals surface area contributed by atoms with Gasteiger partial charge in [0.15, 0.2) is 6.10 Å². The van der Waals surface area contributed by atoms with E-state index in [0.29, 0.717) is 10.8 Å². The zero-order valence-corrected chi connectivity index (χ0v) is 15.2. The summed E-state index contributed by atoms with van der Waals surface area (Å²) in [6.07, 6.45) is -0.728. The van der Waals surface area contributed by atoms with Crippen molar-refractivity contribution in [3.63, 3.8) is 0 Å². The van der Waals surface area contributed by atoms with E-state index in [-0.39, 0.29) is 18.4 Å². The summed E-state index contributed by atoms with van der Waals surface area (Å²) in [5.41, 5.74) is 2.71. The minimum Gasteiger partial charge on any atom is -0.481 e. The van der Waals surface area contributed by atoms with Crippen LogP contribution < -0.4 is 15.4 Å². The minimum absolute atomic E-state index is 0.124. The average molecular weight is 361 g/mol. The van der Waals surface area contributed by atoms with Crippen molar-refractivity contribution < 1.29 is 14.3 Å². The summed E-state index contributed by atoms with van der Waals surface area (Å²) in [7, 11) is 0. The Morgan fingerprint density at radius 2 is 1.68 bits per heavy atom. The molecule has 0 aromatic heterocycles. The van der Waals surface area contributed by atoms with Gasteiger partial charge in [-0.2, -0.15) is 0 Å². The number of aryl methyl sites for hydroxylation is 2. The monoisotopic (exact) mass is 360 g/mol. The molecule has 0 aliphatic heterocycles. The third-order valence-electron chi connectivity index (χ3n) is 3.66. The van der Waals surface area contributed by atoms with E-state index in [1.54, 1.807) is 31.2 Å². The van der Waals surface area contributed by atoms with Crippen LogP contribution in [0.5, 0.6) is 5.75 Å². The summed E-state index contributed by atoms with van der Waals surface area (Å²) >= 11 is 5.80. The highest BCUT2D eigenvalue weighted by atomic mass is 35.5. The van der Waals surface area contributed by atoms with E-state index in [4.69, 9.17) is 16.3 Å². The lowest BCUT2D eigenvalue weighted by Crippen LogP contribution is -2.40. The number of benzene rings is 2. The van der Waals surface area contributed by atoms with Crippen molar-refractivity contribution in [1.29, 1.82) is 0 Å². The fraction of sp³-hybridized carbons (Fsp3) is 0.263. The molecule has 1 atom stereocenters. The highest BCUT2D eigenvalue weighted by Gasteiger charge is 2.16. The molecule has 0 spiro atoms. The van der Waals surface area contributed by atoms with Gasteiger partial charge in [0, 0.05) is 10.7 Å². The molecule has 1 unspecified atom stereocenters. The van der Waals surface area contributed by atoms with Gasteiger partial charge in [0.05, 0.1) is 6.54 Å². The minimum atomic E-state index is -0.728. The predicted octanol–water partition coefficient (Wildman–Crippen LogP) is 3.48. The van der Waals surface area contributed by atoms with E-state index in [1.165, 1.54) is 0 Å². The maximum atomic E-state index is 12.1. The maximum Gasteiger partial charge on any atom is 0.261 e. The zero-order valence-electron chi connectivity index (χ0n) is 14.4. The average Bonchev–Trinajstić information content (AvgIpc) is 2.58. The Morgan fingerprint density at radius 1 is 1.08 bits per heavy atom. The summed E-state index contributed by atoms with van der Waals surface area (Å²) < 4.78 is 5.52. The fourth-order valence-corrected chi connectivity index (χ4v) is 2.40. The van der Waals surface area contributed by atoms with Crippen LogP contribution in [0, 0.1) is 13.8 Å². The first-order valence-corrected chi connectivity index (χ1v) is 8.30. The second-order valence-corrected chi connectivity index (χ2v) is 6.18. The number of hydrogen-bond donors (Lipinski definition) is 2. The highest BCUT2D eigenvalue weighted by Crippen LogP contribution is 2.19. The first-order chi connectivity index (χ1) is 11.9. The summed E-state index contributed by atoms with van der Waals surface area (Å²) in [4.78, 5) is 24.1. The SMILES string of the molecule is Cc1cccc(C)c1NC(=O)CNC(=O)C(C)Oc1ccc(Cl)cc1. The standard InChI is InChI=1S/C19H21ClN2O3/c1-12-5-4-6-13(2)18(12)22-17(23)11-21-19(24)14(3)25-16-9-7-15(20)8-10-16/h4-10,14H,11H2,1-3H3,(H,21,24)(H,22,23). The molecule has 0 bridgehead atoms. The van der Waals surface area contributed by atoms with Gasteiger partial charge in [-0.3, -0.25) is 9.59 Å². The molecular weight excluding hydrogens is 340 g/mol. The molecule has 2 aromatic rings.